The molecule has 0 aromatic carbocycles. The Morgan fingerprint density at radius 2 is 2.35 bits per heavy atom. The molecule has 90 valence electrons. The third kappa shape index (κ3) is 2.98. The Labute approximate surface area is 102 Å². The highest BCUT2D eigenvalue weighted by atomic mass is 16.3. The normalized spacial score (nSPS) is 14.4. The van der Waals surface area contributed by atoms with Crippen molar-refractivity contribution in [2.45, 2.75) is 26.4 Å². The zero-order chi connectivity index (χ0) is 12.3. The number of aliphatic hydroxyl groups is 1. The third-order valence-electron chi connectivity index (χ3n) is 3.05. The lowest BCUT2D eigenvalue weighted by Crippen LogP contribution is -2.27. The van der Waals surface area contributed by atoms with Crippen molar-refractivity contribution in [2.75, 3.05) is 18.0 Å². The van der Waals surface area contributed by atoms with E-state index in [1.54, 1.807) is 6.20 Å². The summed E-state index contributed by atoms with van der Waals surface area (Å²) < 4.78 is 0. The van der Waals surface area contributed by atoms with Crippen LogP contribution < -0.4 is 4.90 Å². The number of aliphatic hydroxyl groups excluding tert-OH is 1. The van der Waals surface area contributed by atoms with E-state index >= 15 is 0 Å². The zero-order valence-corrected chi connectivity index (χ0v) is 10.2. The molecule has 1 saturated carbocycles. The maximum Gasteiger partial charge on any atom is 0.132 e. The number of aryl methyl sites for hydroxylation is 1. The van der Waals surface area contributed by atoms with Gasteiger partial charge in [-0.3, -0.25) is 0 Å². The lowest BCUT2D eigenvalue weighted by molar-refractivity contribution is 0.281. The summed E-state index contributed by atoms with van der Waals surface area (Å²) in [5.41, 5.74) is 1.92. The van der Waals surface area contributed by atoms with Crippen molar-refractivity contribution < 1.29 is 5.11 Å². The number of nitrogens with zero attached hydrogens (tertiary/aromatic N) is 2. The van der Waals surface area contributed by atoms with Crippen molar-refractivity contribution in [3.8, 4) is 12.3 Å². The molecule has 0 radical (unpaired) electrons. The van der Waals surface area contributed by atoms with Crippen LogP contribution in [0.4, 0.5) is 5.82 Å². The third-order valence-corrected chi connectivity index (χ3v) is 3.05. The van der Waals surface area contributed by atoms with E-state index in [0.717, 1.165) is 29.4 Å². The van der Waals surface area contributed by atoms with Crippen LogP contribution in [0.3, 0.4) is 0 Å². The van der Waals surface area contributed by atoms with E-state index in [2.05, 4.69) is 15.8 Å². The summed E-state index contributed by atoms with van der Waals surface area (Å²) in [7, 11) is 0. The molecule has 0 atom stereocenters. The SMILES string of the molecule is C#CCN(CC1CC1)c1ncc(CO)cc1C. The van der Waals surface area contributed by atoms with E-state index in [0.29, 0.717) is 6.54 Å². The summed E-state index contributed by atoms with van der Waals surface area (Å²) in [6.45, 7) is 3.64. The van der Waals surface area contributed by atoms with E-state index in [-0.39, 0.29) is 6.61 Å². The van der Waals surface area contributed by atoms with Gasteiger partial charge in [-0.15, -0.1) is 6.42 Å². The molecule has 1 heterocycles. The Bertz CT molecular complexity index is 432. The van der Waals surface area contributed by atoms with Gasteiger partial charge in [-0.25, -0.2) is 4.98 Å². The maximum atomic E-state index is 9.06. The molecule has 17 heavy (non-hydrogen) atoms. The number of hydrogen-bond acceptors (Lipinski definition) is 3. The minimum absolute atomic E-state index is 0.0336. The largest absolute Gasteiger partial charge is 0.392 e. The first-order valence-corrected chi connectivity index (χ1v) is 5.99. The standard InChI is InChI=1S/C14H18N2O/c1-3-6-16(9-12-4-5-12)14-11(2)7-13(10-17)8-15-14/h1,7-8,12,17H,4-6,9-10H2,2H3. The average Bonchev–Trinajstić information content (AvgIpc) is 3.12. The molecule has 1 aromatic heterocycles. The summed E-state index contributed by atoms with van der Waals surface area (Å²) in [5, 5.41) is 9.06. The fourth-order valence-corrected chi connectivity index (χ4v) is 1.99. The quantitative estimate of drug-likeness (QED) is 0.783. The predicted octanol–water partition coefficient (Wildman–Crippen LogP) is 1.73. The summed E-state index contributed by atoms with van der Waals surface area (Å²) in [6, 6.07) is 1.97. The predicted molar refractivity (Wildman–Crippen MR) is 68.7 cm³/mol. The minimum atomic E-state index is 0.0336. The molecule has 1 N–H and O–H groups in total. The fraction of sp³-hybridized carbons (Fsp3) is 0.500. The van der Waals surface area contributed by atoms with Crippen LogP contribution in [0, 0.1) is 25.2 Å². The molecule has 0 unspecified atom stereocenters. The number of terminal acetylenes is 1. The molecule has 1 aromatic rings. The van der Waals surface area contributed by atoms with Crippen molar-refractivity contribution in [1.82, 2.24) is 4.98 Å². The highest BCUT2D eigenvalue weighted by Crippen LogP contribution is 2.31. The van der Waals surface area contributed by atoms with Gasteiger partial charge in [-0.1, -0.05) is 5.92 Å². The van der Waals surface area contributed by atoms with Crippen LogP contribution in [-0.2, 0) is 6.61 Å². The van der Waals surface area contributed by atoms with Crippen molar-refractivity contribution in [1.29, 1.82) is 0 Å². The monoisotopic (exact) mass is 230 g/mol. The van der Waals surface area contributed by atoms with Gasteiger partial charge in [0.05, 0.1) is 13.2 Å². The summed E-state index contributed by atoms with van der Waals surface area (Å²) in [4.78, 5) is 6.58. The van der Waals surface area contributed by atoms with Crippen LogP contribution >= 0.6 is 0 Å². The van der Waals surface area contributed by atoms with Gasteiger partial charge >= 0.3 is 0 Å². The molecule has 0 saturated heterocycles. The number of hydrogen-bond donors (Lipinski definition) is 1. The number of pyridine rings is 1. The summed E-state index contributed by atoms with van der Waals surface area (Å²) in [6.07, 6.45) is 9.73. The lowest BCUT2D eigenvalue weighted by atomic mass is 10.2. The number of anilines is 1. The van der Waals surface area contributed by atoms with E-state index in [9.17, 15) is 0 Å². The summed E-state index contributed by atoms with van der Waals surface area (Å²) in [5.74, 6) is 4.42. The van der Waals surface area contributed by atoms with Crippen LogP contribution in [0.5, 0.6) is 0 Å². The van der Waals surface area contributed by atoms with Crippen LogP contribution in [0.1, 0.15) is 24.0 Å². The summed E-state index contributed by atoms with van der Waals surface area (Å²) >= 11 is 0. The molecule has 0 bridgehead atoms. The molecule has 0 amide bonds. The van der Waals surface area contributed by atoms with Crippen LogP contribution in [0.2, 0.25) is 0 Å². The zero-order valence-electron chi connectivity index (χ0n) is 10.2. The molecule has 1 aliphatic carbocycles. The van der Waals surface area contributed by atoms with Gasteiger partial charge in [0, 0.05) is 12.7 Å². The van der Waals surface area contributed by atoms with Crippen molar-refractivity contribution >= 4 is 5.82 Å². The van der Waals surface area contributed by atoms with E-state index in [1.165, 1.54) is 12.8 Å². The highest BCUT2D eigenvalue weighted by molar-refractivity contribution is 5.48. The molecular weight excluding hydrogens is 212 g/mol. The first-order chi connectivity index (χ1) is 8.24. The Hall–Kier alpha value is -1.53. The van der Waals surface area contributed by atoms with Crippen molar-refractivity contribution in [3.63, 3.8) is 0 Å². The molecule has 0 aliphatic heterocycles. The van der Waals surface area contributed by atoms with Crippen LogP contribution in [-0.4, -0.2) is 23.2 Å². The van der Waals surface area contributed by atoms with Crippen molar-refractivity contribution in [3.05, 3.63) is 23.4 Å². The molecule has 1 aliphatic rings. The first-order valence-electron chi connectivity index (χ1n) is 5.99. The first kappa shape index (κ1) is 11.9. The molecule has 3 heteroatoms. The molecule has 1 fully saturated rings. The smallest absolute Gasteiger partial charge is 0.132 e. The number of aromatic nitrogens is 1. The van der Waals surface area contributed by atoms with Gasteiger partial charge in [0.15, 0.2) is 0 Å². The second-order valence-electron chi connectivity index (χ2n) is 4.67. The molecule has 0 spiro atoms. The van der Waals surface area contributed by atoms with Gasteiger partial charge in [-0.2, -0.15) is 0 Å². The van der Waals surface area contributed by atoms with Crippen LogP contribution in [0.15, 0.2) is 12.3 Å². The van der Waals surface area contributed by atoms with Gasteiger partial charge in [0.2, 0.25) is 0 Å². The van der Waals surface area contributed by atoms with E-state index in [4.69, 9.17) is 11.5 Å². The highest BCUT2D eigenvalue weighted by Gasteiger charge is 2.25. The van der Waals surface area contributed by atoms with E-state index < -0.39 is 0 Å². The van der Waals surface area contributed by atoms with Crippen LogP contribution in [0.25, 0.3) is 0 Å². The molecule has 2 rings (SSSR count). The minimum Gasteiger partial charge on any atom is -0.392 e. The molecular formula is C14H18N2O. The second-order valence-corrected chi connectivity index (χ2v) is 4.67. The fourth-order valence-electron chi connectivity index (χ4n) is 1.99. The van der Waals surface area contributed by atoms with Gasteiger partial charge < -0.3 is 10.0 Å². The van der Waals surface area contributed by atoms with Crippen molar-refractivity contribution in [2.24, 2.45) is 5.92 Å². The van der Waals surface area contributed by atoms with Gasteiger partial charge in [0.1, 0.15) is 5.82 Å². The number of rotatable bonds is 5. The Morgan fingerprint density at radius 1 is 1.59 bits per heavy atom. The lowest BCUT2D eigenvalue weighted by Gasteiger charge is -2.23. The van der Waals surface area contributed by atoms with Gasteiger partial charge in [0.25, 0.3) is 0 Å². The average molecular weight is 230 g/mol. The Morgan fingerprint density at radius 3 is 2.88 bits per heavy atom. The maximum absolute atomic E-state index is 9.06. The topological polar surface area (TPSA) is 36.4 Å². The Balaban J connectivity index is 2.19. The van der Waals surface area contributed by atoms with Gasteiger partial charge in [-0.05, 0) is 42.9 Å². The Kier molecular flexibility index (Phi) is 3.65. The molecule has 3 nitrogen and oxygen atoms in total. The second kappa shape index (κ2) is 5.20. The van der Waals surface area contributed by atoms with E-state index in [1.807, 2.05) is 13.0 Å².